The van der Waals surface area contributed by atoms with Crippen molar-refractivity contribution in [1.82, 2.24) is 10.3 Å². The van der Waals surface area contributed by atoms with E-state index >= 15 is 0 Å². The highest BCUT2D eigenvalue weighted by Gasteiger charge is 2.31. The van der Waals surface area contributed by atoms with Crippen LogP contribution in [0.5, 0.6) is 0 Å². The predicted molar refractivity (Wildman–Crippen MR) is 96.8 cm³/mol. The SMILES string of the molecule is Cc1[nH]c2ccc(CNC(=O)[C@@H]3CCC[C@@H]3CN)cc2c1C.Cl. The van der Waals surface area contributed by atoms with Gasteiger partial charge in [-0.2, -0.15) is 0 Å². The molecule has 0 unspecified atom stereocenters. The number of carbonyl (C=O) groups is 1. The zero-order chi connectivity index (χ0) is 15.7. The lowest BCUT2D eigenvalue weighted by Crippen LogP contribution is -2.34. The standard InChI is InChI=1S/C18H25N3O.ClH/c1-11-12(2)21-17-7-6-13(8-16(11)17)10-20-18(22)15-5-3-4-14(15)9-19;/h6-8,14-15,21H,3-5,9-10,19H2,1-2H3,(H,20,22);1H/t14-,15-;/m1./s1. The third-order valence-electron chi connectivity index (χ3n) is 5.14. The number of nitrogens with one attached hydrogen (secondary N) is 2. The highest BCUT2D eigenvalue weighted by Crippen LogP contribution is 2.31. The summed E-state index contributed by atoms with van der Waals surface area (Å²) in [6, 6.07) is 6.34. The number of fused-ring (bicyclic) bond motifs is 1. The smallest absolute Gasteiger partial charge is 0.223 e. The van der Waals surface area contributed by atoms with Crippen molar-refractivity contribution < 1.29 is 4.79 Å². The van der Waals surface area contributed by atoms with Crippen LogP contribution >= 0.6 is 12.4 Å². The van der Waals surface area contributed by atoms with E-state index < -0.39 is 0 Å². The van der Waals surface area contributed by atoms with Gasteiger partial charge in [-0.25, -0.2) is 0 Å². The van der Waals surface area contributed by atoms with Crippen molar-refractivity contribution in [3.8, 4) is 0 Å². The minimum Gasteiger partial charge on any atom is -0.358 e. The molecule has 1 aliphatic rings. The molecule has 1 fully saturated rings. The average Bonchev–Trinajstić information content (AvgIpc) is 3.10. The largest absolute Gasteiger partial charge is 0.358 e. The van der Waals surface area contributed by atoms with E-state index in [1.807, 2.05) is 0 Å². The fraction of sp³-hybridized carbons (Fsp3) is 0.500. The maximum atomic E-state index is 12.3. The summed E-state index contributed by atoms with van der Waals surface area (Å²) < 4.78 is 0. The van der Waals surface area contributed by atoms with Crippen LogP contribution in [0.1, 0.15) is 36.1 Å². The quantitative estimate of drug-likeness (QED) is 0.803. The van der Waals surface area contributed by atoms with Gasteiger partial charge in [-0.05, 0) is 62.4 Å². The number of H-pyrrole nitrogens is 1. The van der Waals surface area contributed by atoms with Gasteiger partial charge in [-0.15, -0.1) is 12.4 Å². The molecule has 2 aromatic rings. The van der Waals surface area contributed by atoms with E-state index in [0.717, 1.165) is 30.3 Å². The molecule has 3 rings (SSSR count). The average molecular weight is 336 g/mol. The summed E-state index contributed by atoms with van der Waals surface area (Å²) in [5, 5.41) is 4.33. The van der Waals surface area contributed by atoms with Gasteiger partial charge in [0.05, 0.1) is 0 Å². The van der Waals surface area contributed by atoms with Gasteiger partial charge in [0, 0.05) is 29.1 Å². The van der Waals surface area contributed by atoms with Crippen LogP contribution in [0, 0.1) is 25.7 Å². The lowest BCUT2D eigenvalue weighted by Gasteiger charge is -2.17. The third-order valence-corrected chi connectivity index (χ3v) is 5.14. The number of hydrogen-bond acceptors (Lipinski definition) is 2. The molecule has 0 bridgehead atoms. The van der Waals surface area contributed by atoms with Gasteiger partial charge in [-0.3, -0.25) is 4.79 Å². The molecule has 4 N–H and O–H groups in total. The molecule has 0 radical (unpaired) electrons. The van der Waals surface area contributed by atoms with E-state index in [0.29, 0.717) is 19.0 Å². The maximum Gasteiger partial charge on any atom is 0.223 e. The van der Waals surface area contributed by atoms with Gasteiger partial charge < -0.3 is 16.0 Å². The second-order valence-corrected chi connectivity index (χ2v) is 6.51. The lowest BCUT2D eigenvalue weighted by molar-refractivity contribution is -0.126. The number of aromatic amines is 1. The van der Waals surface area contributed by atoms with E-state index in [1.165, 1.54) is 16.6 Å². The van der Waals surface area contributed by atoms with E-state index in [-0.39, 0.29) is 24.2 Å². The molecule has 5 heteroatoms. The second-order valence-electron chi connectivity index (χ2n) is 6.51. The first-order valence-corrected chi connectivity index (χ1v) is 8.15. The Morgan fingerprint density at radius 2 is 2.13 bits per heavy atom. The van der Waals surface area contributed by atoms with Crippen LogP contribution in [0.4, 0.5) is 0 Å². The fourth-order valence-electron chi connectivity index (χ4n) is 3.60. The van der Waals surface area contributed by atoms with E-state index in [9.17, 15) is 4.79 Å². The highest BCUT2D eigenvalue weighted by atomic mass is 35.5. The first-order valence-electron chi connectivity index (χ1n) is 8.15. The van der Waals surface area contributed by atoms with Gasteiger partial charge in [0.1, 0.15) is 0 Å². The maximum absolute atomic E-state index is 12.3. The van der Waals surface area contributed by atoms with Gasteiger partial charge in [0.2, 0.25) is 5.91 Å². The first kappa shape index (κ1) is 17.8. The molecule has 1 heterocycles. The van der Waals surface area contributed by atoms with Gasteiger partial charge >= 0.3 is 0 Å². The molecule has 126 valence electrons. The molecule has 0 saturated heterocycles. The summed E-state index contributed by atoms with van der Waals surface area (Å²) in [6.45, 7) is 5.42. The van der Waals surface area contributed by atoms with Crippen molar-refractivity contribution in [1.29, 1.82) is 0 Å². The molecular weight excluding hydrogens is 310 g/mol. The van der Waals surface area contributed by atoms with E-state index in [4.69, 9.17) is 5.73 Å². The summed E-state index contributed by atoms with van der Waals surface area (Å²) in [5.74, 6) is 0.622. The summed E-state index contributed by atoms with van der Waals surface area (Å²) in [4.78, 5) is 15.7. The Morgan fingerprint density at radius 3 is 2.87 bits per heavy atom. The first-order chi connectivity index (χ1) is 10.6. The number of nitrogens with two attached hydrogens (primary N) is 1. The summed E-state index contributed by atoms with van der Waals surface area (Å²) in [5.41, 5.74) is 10.5. The summed E-state index contributed by atoms with van der Waals surface area (Å²) in [7, 11) is 0. The minimum atomic E-state index is 0. The summed E-state index contributed by atoms with van der Waals surface area (Å²) in [6.07, 6.45) is 3.18. The van der Waals surface area contributed by atoms with Gasteiger partial charge in [0.15, 0.2) is 0 Å². The van der Waals surface area contributed by atoms with Crippen LogP contribution in [0.3, 0.4) is 0 Å². The molecule has 4 nitrogen and oxygen atoms in total. The number of aryl methyl sites for hydroxylation is 2. The zero-order valence-electron chi connectivity index (χ0n) is 13.8. The molecular formula is C18H26ClN3O. The van der Waals surface area contributed by atoms with Gasteiger partial charge in [-0.1, -0.05) is 12.5 Å². The number of rotatable bonds is 4. The van der Waals surface area contributed by atoms with Crippen LogP contribution in [0.25, 0.3) is 10.9 Å². The molecule has 1 saturated carbocycles. The topological polar surface area (TPSA) is 70.9 Å². The van der Waals surface area contributed by atoms with Crippen molar-refractivity contribution in [2.24, 2.45) is 17.6 Å². The molecule has 0 aliphatic heterocycles. The van der Waals surface area contributed by atoms with Crippen molar-refractivity contribution in [2.75, 3.05) is 6.54 Å². The van der Waals surface area contributed by atoms with Crippen LogP contribution in [-0.4, -0.2) is 17.4 Å². The number of benzene rings is 1. The zero-order valence-corrected chi connectivity index (χ0v) is 14.6. The number of halogens is 1. The number of carbonyl (C=O) groups excluding carboxylic acids is 1. The Bertz CT molecular complexity index is 695. The van der Waals surface area contributed by atoms with Crippen molar-refractivity contribution in [2.45, 2.75) is 39.7 Å². The van der Waals surface area contributed by atoms with Crippen LogP contribution in [0.15, 0.2) is 18.2 Å². The van der Waals surface area contributed by atoms with Crippen molar-refractivity contribution >= 4 is 29.2 Å². The molecule has 1 aromatic carbocycles. The molecule has 2 atom stereocenters. The van der Waals surface area contributed by atoms with Crippen molar-refractivity contribution in [3.63, 3.8) is 0 Å². The molecule has 23 heavy (non-hydrogen) atoms. The lowest BCUT2D eigenvalue weighted by atomic mass is 9.95. The fourth-order valence-corrected chi connectivity index (χ4v) is 3.60. The monoisotopic (exact) mass is 335 g/mol. The third kappa shape index (κ3) is 3.54. The van der Waals surface area contributed by atoms with Crippen LogP contribution in [0.2, 0.25) is 0 Å². The Hall–Kier alpha value is -1.52. The molecule has 1 aromatic heterocycles. The van der Waals surface area contributed by atoms with Crippen LogP contribution < -0.4 is 11.1 Å². The Kier molecular flexibility index (Phi) is 5.71. The Balaban J connectivity index is 0.00000192. The minimum absolute atomic E-state index is 0. The Labute approximate surface area is 143 Å². The molecule has 0 spiro atoms. The van der Waals surface area contributed by atoms with Crippen LogP contribution in [-0.2, 0) is 11.3 Å². The second kappa shape index (κ2) is 7.37. The van der Waals surface area contributed by atoms with Gasteiger partial charge in [0.25, 0.3) is 0 Å². The number of amides is 1. The number of hydrogen-bond donors (Lipinski definition) is 3. The normalized spacial score (nSPS) is 20.5. The highest BCUT2D eigenvalue weighted by molar-refractivity contribution is 5.85. The number of aromatic nitrogens is 1. The van der Waals surface area contributed by atoms with E-state index in [1.54, 1.807) is 0 Å². The molecule has 1 aliphatic carbocycles. The predicted octanol–water partition coefficient (Wildman–Crippen LogP) is 3.20. The van der Waals surface area contributed by atoms with E-state index in [2.05, 4.69) is 42.3 Å². The summed E-state index contributed by atoms with van der Waals surface area (Å²) >= 11 is 0. The Morgan fingerprint density at radius 1 is 1.35 bits per heavy atom. The van der Waals surface area contributed by atoms with Crippen molar-refractivity contribution in [3.05, 3.63) is 35.0 Å². The molecule has 1 amide bonds.